The molecule has 2 unspecified atom stereocenters. The van der Waals surface area contributed by atoms with Gasteiger partial charge in [0.25, 0.3) is 0 Å². The number of aliphatic hydroxyl groups is 2. The zero-order valence-corrected chi connectivity index (χ0v) is 10.7. The Kier molecular flexibility index (Phi) is 3.53. The molecule has 18 heavy (non-hydrogen) atoms. The molecule has 0 aliphatic rings. The van der Waals surface area contributed by atoms with Crippen LogP contribution >= 0.6 is 11.3 Å². The maximum Gasteiger partial charge on any atom is 0.354 e. The molecule has 2 aromatic rings. The number of fused-ring (bicyclic) bond motifs is 1. The smallest absolute Gasteiger partial charge is 0.354 e. The Hall–Kier alpha value is -1.61. The van der Waals surface area contributed by atoms with E-state index in [2.05, 4.69) is 11.8 Å². The molecule has 0 aromatic carbocycles. The summed E-state index contributed by atoms with van der Waals surface area (Å²) in [6.45, 7) is 3.04. The van der Waals surface area contributed by atoms with Crippen molar-refractivity contribution in [3.63, 3.8) is 0 Å². The van der Waals surface area contributed by atoms with E-state index < -0.39 is 17.8 Å². The first-order chi connectivity index (χ1) is 8.50. The van der Waals surface area contributed by atoms with Gasteiger partial charge in [0.1, 0.15) is 16.9 Å². The van der Waals surface area contributed by atoms with Crippen LogP contribution in [0.5, 0.6) is 0 Å². The molecule has 0 saturated heterocycles. The highest BCUT2D eigenvalue weighted by Gasteiger charge is 2.16. The average Bonchev–Trinajstić information content (AvgIpc) is 2.76. The van der Waals surface area contributed by atoms with Gasteiger partial charge in [-0.1, -0.05) is 11.8 Å². The summed E-state index contributed by atoms with van der Waals surface area (Å²) in [5, 5.41) is 21.2. The molecule has 4 nitrogen and oxygen atoms in total. The monoisotopic (exact) mass is 264 g/mol. The minimum atomic E-state index is -0.930. The van der Waals surface area contributed by atoms with E-state index in [0.29, 0.717) is 15.6 Å². The van der Waals surface area contributed by atoms with Gasteiger partial charge < -0.3 is 14.6 Å². The van der Waals surface area contributed by atoms with Gasteiger partial charge in [-0.05, 0) is 25.3 Å². The standard InChI is InChI=1S/C13H12O4S/c1-7(14)3-4-9-10-5-6-18-12(10)13(16)17-11(9)8(2)15/h5-8,14-15H,1-2H3. The van der Waals surface area contributed by atoms with Crippen molar-refractivity contribution in [1.82, 2.24) is 0 Å². The first kappa shape index (κ1) is 12.8. The molecule has 2 rings (SSSR count). The highest BCUT2D eigenvalue weighted by Crippen LogP contribution is 2.26. The number of hydrogen-bond acceptors (Lipinski definition) is 5. The third-order valence-corrected chi connectivity index (χ3v) is 3.25. The highest BCUT2D eigenvalue weighted by molar-refractivity contribution is 7.17. The van der Waals surface area contributed by atoms with Gasteiger partial charge in [-0.3, -0.25) is 0 Å². The third kappa shape index (κ3) is 2.31. The predicted octanol–water partition coefficient (Wildman–Crippen LogP) is 1.64. The molecule has 2 atom stereocenters. The van der Waals surface area contributed by atoms with E-state index in [9.17, 15) is 15.0 Å². The highest BCUT2D eigenvalue weighted by atomic mass is 32.1. The van der Waals surface area contributed by atoms with Gasteiger partial charge in [0.05, 0.1) is 5.56 Å². The minimum absolute atomic E-state index is 0.138. The van der Waals surface area contributed by atoms with Gasteiger partial charge in [0, 0.05) is 5.39 Å². The molecule has 0 saturated carbocycles. The van der Waals surface area contributed by atoms with E-state index in [4.69, 9.17) is 4.42 Å². The summed E-state index contributed by atoms with van der Waals surface area (Å²) in [6, 6.07) is 1.76. The van der Waals surface area contributed by atoms with Crippen LogP contribution in [0.2, 0.25) is 0 Å². The lowest BCUT2D eigenvalue weighted by atomic mass is 10.1. The zero-order valence-electron chi connectivity index (χ0n) is 9.93. The lowest BCUT2D eigenvalue weighted by Gasteiger charge is -2.06. The second-order valence-corrected chi connectivity index (χ2v) is 4.83. The zero-order chi connectivity index (χ0) is 13.3. The van der Waals surface area contributed by atoms with Crippen molar-refractivity contribution >= 4 is 21.4 Å². The molecule has 0 amide bonds. The minimum Gasteiger partial charge on any atom is -0.423 e. The molecule has 2 heterocycles. The fourth-order valence-corrected chi connectivity index (χ4v) is 2.37. The summed E-state index contributed by atoms with van der Waals surface area (Å²) in [4.78, 5) is 11.7. The quantitative estimate of drug-likeness (QED) is 0.768. The summed E-state index contributed by atoms with van der Waals surface area (Å²) >= 11 is 1.26. The number of hydrogen-bond donors (Lipinski definition) is 2. The normalized spacial score (nSPS) is 14.0. The Bertz CT molecular complexity index is 682. The fraction of sp³-hybridized carbons (Fsp3) is 0.308. The fourth-order valence-electron chi connectivity index (χ4n) is 1.59. The van der Waals surface area contributed by atoms with Crippen molar-refractivity contribution in [1.29, 1.82) is 0 Å². The van der Waals surface area contributed by atoms with Crippen molar-refractivity contribution in [2.75, 3.05) is 0 Å². The van der Waals surface area contributed by atoms with Crippen LogP contribution in [0.3, 0.4) is 0 Å². The van der Waals surface area contributed by atoms with E-state index in [0.717, 1.165) is 0 Å². The predicted molar refractivity (Wildman–Crippen MR) is 69.6 cm³/mol. The lowest BCUT2D eigenvalue weighted by molar-refractivity contribution is 0.164. The molecular weight excluding hydrogens is 252 g/mol. The molecule has 0 aliphatic heterocycles. The van der Waals surface area contributed by atoms with Crippen LogP contribution in [0.25, 0.3) is 10.1 Å². The molecule has 0 fully saturated rings. The van der Waals surface area contributed by atoms with Crippen molar-refractivity contribution in [2.45, 2.75) is 26.1 Å². The SMILES string of the molecule is CC(O)C#Cc1c(C(C)O)oc(=O)c2sccc12. The van der Waals surface area contributed by atoms with Gasteiger partial charge >= 0.3 is 5.63 Å². The molecular formula is C13H12O4S. The van der Waals surface area contributed by atoms with E-state index >= 15 is 0 Å². The maximum absolute atomic E-state index is 11.7. The number of rotatable bonds is 1. The number of aliphatic hydroxyl groups excluding tert-OH is 2. The summed E-state index contributed by atoms with van der Waals surface area (Å²) in [6.07, 6.45) is -1.72. The van der Waals surface area contributed by atoms with Crippen LogP contribution in [0.15, 0.2) is 20.7 Å². The van der Waals surface area contributed by atoms with Crippen LogP contribution < -0.4 is 5.63 Å². The molecule has 94 valence electrons. The van der Waals surface area contributed by atoms with Gasteiger partial charge in [0.15, 0.2) is 5.76 Å². The lowest BCUT2D eigenvalue weighted by Crippen LogP contribution is -2.06. The van der Waals surface area contributed by atoms with Gasteiger partial charge in [-0.25, -0.2) is 4.79 Å². The van der Waals surface area contributed by atoms with Crippen LogP contribution in [0.1, 0.15) is 31.3 Å². The van der Waals surface area contributed by atoms with Crippen LogP contribution in [0.4, 0.5) is 0 Å². The second kappa shape index (κ2) is 4.94. The second-order valence-electron chi connectivity index (χ2n) is 3.91. The van der Waals surface area contributed by atoms with E-state index in [-0.39, 0.29) is 5.76 Å². The third-order valence-electron chi connectivity index (χ3n) is 2.35. The Morgan fingerprint density at radius 3 is 2.72 bits per heavy atom. The first-order valence-corrected chi connectivity index (χ1v) is 6.30. The Morgan fingerprint density at radius 2 is 2.11 bits per heavy atom. The van der Waals surface area contributed by atoms with E-state index in [1.54, 1.807) is 18.4 Å². The first-order valence-electron chi connectivity index (χ1n) is 5.42. The summed E-state index contributed by atoms with van der Waals surface area (Å²) < 4.78 is 5.56. The average molecular weight is 264 g/mol. The summed E-state index contributed by atoms with van der Waals surface area (Å²) in [5.41, 5.74) is -0.0137. The molecule has 0 spiro atoms. The van der Waals surface area contributed by atoms with Crippen LogP contribution in [-0.2, 0) is 0 Å². The Labute approximate surface area is 107 Å². The van der Waals surface area contributed by atoms with Crippen LogP contribution in [0, 0.1) is 11.8 Å². The Balaban J connectivity index is 2.79. The maximum atomic E-state index is 11.7. The molecule has 0 radical (unpaired) electrons. The molecule has 5 heteroatoms. The summed E-state index contributed by atoms with van der Waals surface area (Å²) in [7, 11) is 0. The topological polar surface area (TPSA) is 70.7 Å². The van der Waals surface area contributed by atoms with Gasteiger partial charge in [0.2, 0.25) is 0 Å². The molecule has 2 aromatic heterocycles. The van der Waals surface area contributed by atoms with E-state index in [1.165, 1.54) is 18.3 Å². The molecule has 2 N–H and O–H groups in total. The van der Waals surface area contributed by atoms with Crippen molar-refractivity contribution in [3.8, 4) is 11.8 Å². The van der Waals surface area contributed by atoms with Gasteiger partial charge in [-0.2, -0.15) is 0 Å². The summed E-state index contributed by atoms with van der Waals surface area (Å²) in [5.74, 6) is 5.50. The Morgan fingerprint density at radius 1 is 1.39 bits per heavy atom. The molecule has 0 aliphatic carbocycles. The largest absolute Gasteiger partial charge is 0.423 e. The van der Waals surface area contributed by atoms with Crippen molar-refractivity contribution in [3.05, 3.63) is 33.2 Å². The van der Waals surface area contributed by atoms with Crippen molar-refractivity contribution in [2.24, 2.45) is 0 Å². The van der Waals surface area contributed by atoms with Crippen molar-refractivity contribution < 1.29 is 14.6 Å². The molecule has 0 bridgehead atoms. The van der Waals surface area contributed by atoms with E-state index in [1.807, 2.05) is 0 Å². The van der Waals surface area contributed by atoms with Crippen LogP contribution in [-0.4, -0.2) is 16.3 Å². The van der Waals surface area contributed by atoms with Gasteiger partial charge in [-0.15, -0.1) is 11.3 Å². The number of thiophene rings is 1.